The summed E-state index contributed by atoms with van der Waals surface area (Å²) in [7, 11) is 0. The van der Waals surface area contributed by atoms with E-state index in [1.165, 1.54) is 29.7 Å². The lowest BCUT2D eigenvalue weighted by Gasteiger charge is -2.32. The molecule has 1 aliphatic rings. The zero-order valence-electron chi connectivity index (χ0n) is 22.5. The van der Waals surface area contributed by atoms with Gasteiger partial charge in [0.25, 0.3) is 5.56 Å². The first-order valence-corrected chi connectivity index (χ1v) is 14.7. The van der Waals surface area contributed by atoms with Gasteiger partial charge in [0.1, 0.15) is 6.04 Å². The van der Waals surface area contributed by atoms with Gasteiger partial charge in [-0.3, -0.25) is 9.69 Å². The first-order valence-electron chi connectivity index (χ1n) is 13.8. The van der Waals surface area contributed by atoms with Crippen LogP contribution in [0.3, 0.4) is 0 Å². The number of benzene rings is 2. The second kappa shape index (κ2) is 11.2. The Labute approximate surface area is 232 Å². The molecule has 3 aromatic heterocycles. The molecule has 0 bridgehead atoms. The number of aryl methyl sites for hydroxylation is 2. The first kappa shape index (κ1) is 25.6. The van der Waals surface area contributed by atoms with Gasteiger partial charge >= 0.3 is 0 Å². The predicted molar refractivity (Wildman–Crippen MR) is 156 cm³/mol. The Bertz CT molecular complexity index is 1600. The topological polar surface area (TPSA) is 79.7 Å². The van der Waals surface area contributed by atoms with E-state index in [2.05, 4.69) is 92.3 Å². The van der Waals surface area contributed by atoms with Crippen LogP contribution < -0.4 is 5.56 Å². The number of nitrogens with one attached hydrogen (secondary N) is 1. The van der Waals surface area contributed by atoms with Crippen molar-refractivity contribution in [3.8, 4) is 0 Å². The molecule has 6 rings (SSSR count). The van der Waals surface area contributed by atoms with E-state index in [4.69, 9.17) is 0 Å². The number of hydrogen-bond acceptors (Lipinski definition) is 6. The fourth-order valence-corrected chi connectivity index (χ4v) is 6.65. The lowest BCUT2D eigenvalue weighted by Crippen LogP contribution is -2.35. The second-order valence-corrected chi connectivity index (χ2v) is 11.7. The largest absolute Gasteiger partial charge is 0.321 e. The number of tetrazole rings is 1. The van der Waals surface area contributed by atoms with E-state index in [-0.39, 0.29) is 11.6 Å². The molecule has 7 nitrogen and oxygen atoms in total. The van der Waals surface area contributed by atoms with Crippen LogP contribution in [-0.4, -0.2) is 30.1 Å². The summed E-state index contributed by atoms with van der Waals surface area (Å²) in [6.07, 6.45) is 5.71. The summed E-state index contributed by atoms with van der Waals surface area (Å²) in [5.74, 6) is 0.740. The molecule has 3 heterocycles. The van der Waals surface area contributed by atoms with E-state index in [0.717, 1.165) is 40.7 Å². The molecule has 1 N–H and O–H groups in total. The molecule has 39 heavy (non-hydrogen) atoms. The van der Waals surface area contributed by atoms with Crippen LogP contribution in [0.15, 0.2) is 70.8 Å². The minimum atomic E-state index is -0.419. The highest BCUT2D eigenvalue weighted by Gasteiger charge is 2.33. The van der Waals surface area contributed by atoms with Gasteiger partial charge < -0.3 is 4.98 Å². The number of thiophene rings is 1. The fraction of sp³-hybridized carbons (Fsp3) is 0.355. The third-order valence-corrected chi connectivity index (χ3v) is 8.84. The summed E-state index contributed by atoms with van der Waals surface area (Å²) in [6, 6.07) is 20.8. The number of aromatic amines is 1. The quantitative estimate of drug-likeness (QED) is 0.244. The van der Waals surface area contributed by atoms with Gasteiger partial charge in [0.05, 0.1) is 11.6 Å². The van der Waals surface area contributed by atoms with Gasteiger partial charge in [-0.2, -0.15) is 0 Å². The first-order chi connectivity index (χ1) is 19.1. The third-order valence-electron chi connectivity index (χ3n) is 7.98. The smallest absolute Gasteiger partial charge is 0.253 e. The fourth-order valence-electron chi connectivity index (χ4n) is 5.92. The van der Waals surface area contributed by atoms with Gasteiger partial charge in [0.15, 0.2) is 5.82 Å². The zero-order valence-corrected chi connectivity index (χ0v) is 23.3. The van der Waals surface area contributed by atoms with Crippen molar-refractivity contribution in [1.29, 1.82) is 0 Å². The Kier molecular flexibility index (Phi) is 7.39. The number of fused-ring (bicyclic) bond motifs is 1. The summed E-state index contributed by atoms with van der Waals surface area (Å²) in [5, 5.41) is 16.5. The van der Waals surface area contributed by atoms with Gasteiger partial charge in [-0.15, -0.1) is 16.4 Å². The van der Waals surface area contributed by atoms with E-state index in [1.807, 2.05) is 17.7 Å². The molecule has 1 saturated carbocycles. The van der Waals surface area contributed by atoms with Crippen molar-refractivity contribution in [1.82, 2.24) is 30.1 Å². The van der Waals surface area contributed by atoms with Crippen LogP contribution in [0.5, 0.6) is 0 Å². The van der Waals surface area contributed by atoms with Gasteiger partial charge in [-0.25, -0.2) is 4.68 Å². The summed E-state index contributed by atoms with van der Waals surface area (Å²) < 4.78 is 2.02. The third kappa shape index (κ3) is 5.31. The molecule has 0 amide bonds. The molecule has 1 fully saturated rings. The van der Waals surface area contributed by atoms with Crippen LogP contribution in [-0.2, 0) is 13.1 Å². The number of H-pyrrole nitrogens is 1. The van der Waals surface area contributed by atoms with Crippen molar-refractivity contribution in [3.05, 3.63) is 109 Å². The Morgan fingerprint density at radius 1 is 1.00 bits per heavy atom. The van der Waals surface area contributed by atoms with Gasteiger partial charge in [0, 0.05) is 28.9 Å². The molecule has 0 aliphatic heterocycles. The van der Waals surface area contributed by atoms with Crippen LogP contribution in [0, 0.1) is 13.8 Å². The number of pyridine rings is 1. The molecule has 5 aromatic rings. The van der Waals surface area contributed by atoms with Crippen LogP contribution in [0.2, 0.25) is 0 Å². The van der Waals surface area contributed by atoms with Crippen molar-refractivity contribution in [2.45, 2.75) is 71.1 Å². The minimum Gasteiger partial charge on any atom is -0.321 e. The molecule has 0 radical (unpaired) electrons. The Morgan fingerprint density at radius 3 is 2.56 bits per heavy atom. The van der Waals surface area contributed by atoms with Crippen LogP contribution in [0.4, 0.5) is 0 Å². The molecular formula is C31H34N6OS. The standard InChI is InChI=1S/C31H34N6OS/c1-21-15-16-22(2)28-26(21)18-27(31(38)32-28)29(30-33-34-35-37(30)24-12-7-4-8-13-24)36(20-25-14-9-17-39-25)19-23-10-5-3-6-11-23/h3,5-6,9-11,14-18,24,29H,4,7-8,12-13,19-20H2,1-2H3,(H,32,38)/t29-/m0/s1. The lowest BCUT2D eigenvalue weighted by molar-refractivity contribution is 0.188. The zero-order chi connectivity index (χ0) is 26.8. The van der Waals surface area contributed by atoms with Crippen molar-refractivity contribution >= 4 is 22.2 Å². The highest BCUT2D eigenvalue weighted by molar-refractivity contribution is 7.09. The molecule has 0 spiro atoms. The van der Waals surface area contributed by atoms with Crippen LogP contribution in [0.25, 0.3) is 10.9 Å². The molecular weight excluding hydrogens is 504 g/mol. The second-order valence-electron chi connectivity index (χ2n) is 10.7. The lowest BCUT2D eigenvalue weighted by atomic mass is 9.94. The highest BCUT2D eigenvalue weighted by Crippen LogP contribution is 2.35. The van der Waals surface area contributed by atoms with E-state index >= 15 is 0 Å². The maximum Gasteiger partial charge on any atom is 0.253 e. The number of hydrogen-bond donors (Lipinski definition) is 1. The minimum absolute atomic E-state index is 0.0939. The molecule has 0 unspecified atom stereocenters. The van der Waals surface area contributed by atoms with E-state index in [0.29, 0.717) is 18.7 Å². The Hall–Kier alpha value is -3.62. The Balaban J connectivity index is 1.55. The summed E-state index contributed by atoms with van der Waals surface area (Å²) in [5.41, 5.74) is 4.84. The van der Waals surface area contributed by atoms with Gasteiger partial charge in [-0.05, 0) is 71.3 Å². The molecule has 0 saturated heterocycles. The molecule has 1 atom stereocenters. The number of aromatic nitrogens is 5. The maximum atomic E-state index is 13.9. The summed E-state index contributed by atoms with van der Waals surface area (Å²) in [4.78, 5) is 20.7. The average molecular weight is 539 g/mol. The summed E-state index contributed by atoms with van der Waals surface area (Å²) in [6.45, 7) is 5.47. The van der Waals surface area contributed by atoms with Crippen LogP contribution >= 0.6 is 11.3 Å². The summed E-state index contributed by atoms with van der Waals surface area (Å²) >= 11 is 1.73. The maximum absolute atomic E-state index is 13.9. The average Bonchev–Trinajstić information content (AvgIpc) is 3.65. The molecule has 2 aromatic carbocycles. The van der Waals surface area contributed by atoms with Crippen molar-refractivity contribution in [2.24, 2.45) is 0 Å². The predicted octanol–water partition coefficient (Wildman–Crippen LogP) is 6.49. The monoisotopic (exact) mass is 538 g/mol. The highest BCUT2D eigenvalue weighted by atomic mass is 32.1. The van der Waals surface area contributed by atoms with Crippen molar-refractivity contribution in [3.63, 3.8) is 0 Å². The normalized spacial score (nSPS) is 15.3. The number of nitrogens with zero attached hydrogens (tertiary/aromatic N) is 5. The van der Waals surface area contributed by atoms with Crippen LogP contribution in [0.1, 0.15) is 77.1 Å². The van der Waals surface area contributed by atoms with E-state index < -0.39 is 6.04 Å². The molecule has 200 valence electrons. The molecule has 8 heteroatoms. The number of rotatable bonds is 8. The van der Waals surface area contributed by atoms with Gasteiger partial charge in [-0.1, -0.05) is 67.8 Å². The van der Waals surface area contributed by atoms with Gasteiger partial charge in [0.2, 0.25) is 0 Å². The van der Waals surface area contributed by atoms with Crippen molar-refractivity contribution < 1.29 is 0 Å². The van der Waals surface area contributed by atoms with E-state index in [9.17, 15) is 4.79 Å². The SMILES string of the molecule is Cc1ccc(C)c2[nH]c(=O)c([C@@H](c3nnnn3C3CCCCC3)N(Cc3ccccc3)Cc3cccs3)cc12. The van der Waals surface area contributed by atoms with Crippen molar-refractivity contribution in [2.75, 3.05) is 0 Å². The van der Waals surface area contributed by atoms with E-state index in [1.54, 1.807) is 11.3 Å². The molecule has 1 aliphatic carbocycles. The Morgan fingerprint density at radius 2 is 1.79 bits per heavy atom.